The minimum absolute atomic E-state index is 0.248. The second-order valence-electron chi connectivity index (χ2n) is 5.10. The second kappa shape index (κ2) is 7.63. The number of ether oxygens (including phenoxy) is 1. The van der Waals surface area contributed by atoms with Crippen LogP contribution in [-0.4, -0.2) is 12.6 Å². The van der Waals surface area contributed by atoms with Crippen LogP contribution in [0.5, 0.6) is 0 Å². The van der Waals surface area contributed by atoms with Crippen LogP contribution in [0.15, 0.2) is 54.6 Å². The van der Waals surface area contributed by atoms with Gasteiger partial charge in [-0.05, 0) is 36.6 Å². The molecule has 0 radical (unpaired) electrons. The summed E-state index contributed by atoms with van der Waals surface area (Å²) in [6, 6.07) is 18.3. The lowest BCUT2D eigenvalue weighted by atomic mass is 9.87. The Morgan fingerprint density at radius 2 is 1.71 bits per heavy atom. The van der Waals surface area contributed by atoms with Crippen LogP contribution >= 0.6 is 0 Å². The van der Waals surface area contributed by atoms with E-state index in [0.717, 1.165) is 12.8 Å². The molecule has 0 aliphatic heterocycles. The molecule has 0 aliphatic rings. The largest absolute Gasteiger partial charge is 0.462 e. The topological polar surface area (TPSA) is 26.3 Å². The van der Waals surface area contributed by atoms with E-state index in [0.29, 0.717) is 18.1 Å². The van der Waals surface area contributed by atoms with E-state index in [-0.39, 0.29) is 5.97 Å². The van der Waals surface area contributed by atoms with Crippen molar-refractivity contribution in [3.8, 4) is 0 Å². The summed E-state index contributed by atoms with van der Waals surface area (Å²) in [6.45, 7) is 4.41. The van der Waals surface area contributed by atoms with Gasteiger partial charge in [-0.25, -0.2) is 4.79 Å². The summed E-state index contributed by atoms with van der Waals surface area (Å²) in [5, 5.41) is 0. The monoisotopic (exact) mass is 282 g/mol. The third-order valence-electron chi connectivity index (χ3n) is 3.58. The summed E-state index contributed by atoms with van der Waals surface area (Å²) in [6.07, 6.45) is 2.17. The minimum Gasteiger partial charge on any atom is -0.462 e. The highest BCUT2D eigenvalue weighted by Gasteiger charge is 2.15. The van der Waals surface area contributed by atoms with Crippen molar-refractivity contribution in [1.82, 2.24) is 0 Å². The fourth-order valence-corrected chi connectivity index (χ4v) is 2.60. The van der Waals surface area contributed by atoms with Crippen molar-refractivity contribution in [2.45, 2.75) is 32.6 Å². The predicted octanol–water partition coefficient (Wildman–Crippen LogP) is 4.80. The molecule has 0 saturated heterocycles. The molecule has 2 nitrogen and oxygen atoms in total. The van der Waals surface area contributed by atoms with Gasteiger partial charge in [0, 0.05) is 5.92 Å². The van der Waals surface area contributed by atoms with Gasteiger partial charge in [0.25, 0.3) is 0 Å². The highest BCUT2D eigenvalue weighted by molar-refractivity contribution is 5.89. The summed E-state index contributed by atoms with van der Waals surface area (Å²) in [5.41, 5.74) is 3.10. The average Bonchev–Trinajstić information content (AvgIpc) is 2.54. The Morgan fingerprint density at radius 3 is 2.38 bits per heavy atom. The molecule has 0 saturated carbocycles. The Hall–Kier alpha value is -2.09. The predicted molar refractivity (Wildman–Crippen MR) is 85.6 cm³/mol. The first-order chi connectivity index (χ1) is 10.3. The van der Waals surface area contributed by atoms with Crippen LogP contribution in [0.1, 0.15) is 54.1 Å². The van der Waals surface area contributed by atoms with Gasteiger partial charge < -0.3 is 4.74 Å². The number of rotatable bonds is 6. The molecular formula is C19H22O2. The summed E-state index contributed by atoms with van der Waals surface area (Å²) >= 11 is 0. The number of benzene rings is 2. The van der Waals surface area contributed by atoms with E-state index in [2.05, 4.69) is 37.3 Å². The fourth-order valence-electron chi connectivity index (χ4n) is 2.60. The van der Waals surface area contributed by atoms with Crippen LogP contribution < -0.4 is 0 Å². The maximum absolute atomic E-state index is 11.9. The summed E-state index contributed by atoms with van der Waals surface area (Å²) in [7, 11) is 0. The molecule has 0 aliphatic carbocycles. The van der Waals surface area contributed by atoms with E-state index in [4.69, 9.17) is 4.74 Å². The Morgan fingerprint density at radius 1 is 1.00 bits per heavy atom. The van der Waals surface area contributed by atoms with E-state index in [1.165, 1.54) is 11.1 Å². The quantitative estimate of drug-likeness (QED) is 0.712. The Balaban J connectivity index is 2.33. The molecule has 110 valence electrons. The molecule has 2 aromatic rings. The van der Waals surface area contributed by atoms with Gasteiger partial charge in [-0.2, -0.15) is 0 Å². The maximum Gasteiger partial charge on any atom is 0.338 e. The lowest BCUT2D eigenvalue weighted by Crippen LogP contribution is -2.07. The maximum atomic E-state index is 11.9. The lowest BCUT2D eigenvalue weighted by molar-refractivity contribution is 0.0526. The SMILES string of the molecule is CCCC(c1ccccc1)c1cccc(C(=O)OCC)c1. The van der Waals surface area contributed by atoms with E-state index < -0.39 is 0 Å². The minimum atomic E-state index is -0.248. The molecule has 0 heterocycles. The zero-order chi connectivity index (χ0) is 15.1. The third-order valence-corrected chi connectivity index (χ3v) is 3.58. The molecule has 1 atom stereocenters. The highest BCUT2D eigenvalue weighted by Crippen LogP contribution is 2.29. The number of hydrogen-bond acceptors (Lipinski definition) is 2. The second-order valence-corrected chi connectivity index (χ2v) is 5.10. The van der Waals surface area contributed by atoms with Gasteiger partial charge in [0.1, 0.15) is 0 Å². The molecule has 0 fully saturated rings. The first kappa shape index (κ1) is 15.3. The molecule has 2 rings (SSSR count). The Labute approximate surface area is 126 Å². The van der Waals surface area contributed by atoms with Crippen molar-refractivity contribution in [3.63, 3.8) is 0 Å². The first-order valence-electron chi connectivity index (χ1n) is 7.58. The highest BCUT2D eigenvalue weighted by atomic mass is 16.5. The zero-order valence-electron chi connectivity index (χ0n) is 12.7. The van der Waals surface area contributed by atoms with Gasteiger partial charge in [0.05, 0.1) is 12.2 Å². The van der Waals surface area contributed by atoms with Crippen molar-refractivity contribution in [2.75, 3.05) is 6.61 Å². The van der Waals surface area contributed by atoms with Gasteiger partial charge in [-0.15, -0.1) is 0 Å². The normalized spacial score (nSPS) is 11.9. The van der Waals surface area contributed by atoms with Crippen LogP contribution in [0, 0.1) is 0 Å². The Bertz CT molecular complexity index is 575. The molecule has 0 amide bonds. The van der Waals surface area contributed by atoms with Gasteiger partial charge in [0.2, 0.25) is 0 Å². The number of esters is 1. The van der Waals surface area contributed by atoms with Gasteiger partial charge in [-0.3, -0.25) is 0 Å². The van der Waals surface area contributed by atoms with E-state index in [1.54, 1.807) is 0 Å². The first-order valence-corrected chi connectivity index (χ1v) is 7.58. The molecule has 0 bridgehead atoms. The van der Waals surface area contributed by atoms with Crippen LogP contribution in [0.2, 0.25) is 0 Å². The van der Waals surface area contributed by atoms with Crippen molar-refractivity contribution < 1.29 is 9.53 Å². The van der Waals surface area contributed by atoms with E-state index in [9.17, 15) is 4.79 Å². The van der Waals surface area contributed by atoms with Crippen molar-refractivity contribution in [1.29, 1.82) is 0 Å². The third kappa shape index (κ3) is 3.94. The van der Waals surface area contributed by atoms with Crippen LogP contribution in [0.25, 0.3) is 0 Å². The molecule has 1 unspecified atom stereocenters. The molecular weight excluding hydrogens is 260 g/mol. The average molecular weight is 282 g/mol. The molecule has 21 heavy (non-hydrogen) atoms. The molecule has 0 N–H and O–H groups in total. The molecule has 0 aromatic heterocycles. The molecule has 2 aromatic carbocycles. The number of carbonyl (C=O) groups is 1. The van der Waals surface area contributed by atoms with E-state index >= 15 is 0 Å². The Kier molecular flexibility index (Phi) is 5.56. The zero-order valence-corrected chi connectivity index (χ0v) is 12.7. The van der Waals surface area contributed by atoms with Crippen molar-refractivity contribution in [3.05, 3.63) is 71.3 Å². The van der Waals surface area contributed by atoms with E-state index in [1.807, 2.05) is 31.2 Å². The van der Waals surface area contributed by atoms with Crippen LogP contribution in [-0.2, 0) is 4.74 Å². The lowest BCUT2D eigenvalue weighted by Gasteiger charge is -2.18. The summed E-state index contributed by atoms with van der Waals surface area (Å²) in [4.78, 5) is 11.9. The number of hydrogen-bond donors (Lipinski definition) is 0. The molecule has 2 heteroatoms. The molecule has 0 spiro atoms. The summed E-state index contributed by atoms with van der Waals surface area (Å²) in [5.74, 6) is 0.0771. The van der Waals surface area contributed by atoms with Crippen LogP contribution in [0.4, 0.5) is 0 Å². The fraction of sp³-hybridized carbons (Fsp3) is 0.316. The number of carbonyl (C=O) groups excluding carboxylic acids is 1. The van der Waals surface area contributed by atoms with Crippen LogP contribution in [0.3, 0.4) is 0 Å². The smallest absolute Gasteiger partial charge is 0.338 e. The van der Waals surface area contributed by atoms with Crippen molar-refractivity contribution in [2.24, 2.45) is 0 Å². The van der Waals surface area contributed by atoms with Gasteiger partial charge >= 0.3 is 5.97 Å². The summed E-state index contributed by atoms with van der Waals surface area (Å²) < 4.78 is 5.09. The standard InChI is InChI=1S/C19H22O2/c1-3-9-18(15-10-6-5-7-11-15)16-12-8-13-17(14-16)19(20)21-4-2/h5-8,10-14,18H,3-4,9H2,1-2H3. The van der Waals surface area contributed by atoms with Gasteiger partial charge in [-0.1, -0.05) is 55.8 Å². The van der Waals surface area contributed by atoms with Crippen molar-refractivity contribution >= 4 is 5.97 Å². The van der Waals surface area contributed by atoms with Gasteiger partial charge in [0.15, 0.2) is 0 Å².